The molecule has 2 bridgehead atoms. The highest BCUT2D eigenvalue weighted by molar-refractivity contribution is 6.04. The van der Waals surface area contributed by atoms with Gasteiger partial charge in [0.2, 0.25) is 17.7 Å². The fraction of sp³-hybridized carbons (Fsp3) is 0.516. The zero-order valence-electron chi connectivity index (χ0n) is 23.2. The summed E-state index contributed by atoms with van der Waals surface area (Å²) in [6.45, 7) is 8.53. The molecular formula is C31H39N3O5. The van der Waals surface area contributed by atoms with Gasteiger partial charge in [-0.05, 0) is 68.7 Å². The molecular weight excluding hydrogens is 494 g/mol. The quantitative estimate of drug-likeness (QED) is 0.429. The van der Waals surface area contributed by atoms with E-state index < -0.39 is 29.1 Å². The molecule has 3 fully saturated rings. The van der Waals surface area contributed by atoms with E-state index >= 15 is 0 Å². The topological polar surface area (TPSA) is 108 Å². The van der Waals surface area contributed by atoms with Crippen molar-refractivity contribution in [2.24, 2.45) is 17.8 Å². The van der Waals surface area contributed by atoms with E-state index in [-0.39, 0.29) is 30.2 Å². The van der Waals surface area contributed by atoms with Crippen molar-refractivity contribution in [2.75, 3.05) is 18.5 Å². The van der Waals surface area contributed by atoms with Crippen molar-refractivity contribution in [3.8, 4) is 0 Å². The van der Waals surface area contributed by atoms with Gasteiger partial charge in [-0.2, -0.15) is 0 Å². The van der Waals surface area contributed by atoms with Crippen LogP contribution in [0.25, 0.3) is 0 Å². The van der Waals surface area contributed by atoms with E-state index in [1.165, 1.54) is 0 Å². The number of hydrogen-bond donors (Lipinski definition) is 3. The number of hydrogen-bond acceptors (Lipinski definition) is 5. The fourth-order valence-electron chi connectivity index (χ4n) is 7.04. The van der Waals surface area contributed by atoms with Crippen LogP contribution in [0.3, 0.4) is 0 Å². The molecule has 2 aromatic carbocycles. The number of carbonyl (C=O) groups is 3. The van der Waals surface area contributed by atoms with Crippen LogP contribution in [0.15, 0.2) is 48.5 Å². The summed E-state index contributed by atoms with van der Waals surface area (Å²) in [5.74, 6) is -2.23. The van der Waals surface area contributed by atoms with Crippen LogP contribution in [0, 0.1) is 31.6 Å². The number of anilines is 1. The highest BCUT2D eigenvalue weighted by atomic mass is 16.5. The lowest BCUT2D eigenvalue weighted by Crippen LogP contribution is -2.54. The Balaban J connectivity index is 1.49. The second kappa shape index (κ2) is 10.4. The number of aryl methyl sites for hydroxylation is 2. The standard InChI is InChI=1S/C31H39N3O5/c1-19-12-13-20(2)23(16-19)33-28(37)26-31-17-21(3)30(4,39-31)24(25(31)29(38)34(26)14-8-9-15-35)27(36)32-18-22-10-6-5-7-11-22/h5-7,10-13,16,21,24-26,35H,8-9,14-15,17-18H2,1-4H3,(H,32,36)(H,33,37)/t21?,24-,25-,26?,30+,31?/m0/s1. The lowest BCUT2D eigenvalue weighted by molar-refractivity contribution is -0.146. The molecule has 1 spiro atoms. The first kappa shape index (κ1) is 27.3. The lowest BCUT2D eigenvalue weighted by Gasteiger charge is -2.36. The molecule has 3 N–H and O–H groups in total. The number of benzene rings is 2. The smallest absolute Gasteiger partial charge is 0.250 e. The summed E-state index contributed by atoms with van der Waals surface area (Å²) in [7, 11) is 0. The highest BCUT2D eigenvalue weighted by Crippen LogP contribution is 2.65. The maximum Gasteiger partial charge on any atom is 0.250 e. The van der Waals surface area contributed by atoms with E-state index in [1.807, 2.05) is 76.2 Å². The Bertz CT molecular complexity index is 1270. The first-order chi connectivity index (χ1) is 18.6. The largest absolute Gasteiger partial charge is 0.396 e. The Morgan fingerprint density at radius 1 is 1.10 bits per heavy atom. The maximum absolute atomic E-state index is 14.1. The Kier molecular flexibility index (Phi) is 7.29. The van der Waals surface area contributed by atoms with Crippen molar-refractivity contribution in [3.05, 3.63) is 65.2 Å². The van der Waals surface area contributed by atoms with Gasteiger partial charge in [0.25, 0.3) is 0 Å². The Labute approximate surface area is 230 Å². The normalized spacial score (nSPS) is 30.9. The molecule has 3 aliphatic heterocycles. The molecule has 5 rings (SSSR count). The fourth-order valence-corrected chi connectivity index (χ4v) is 7.04. The molecule has 2 aromatic rings. The number of aliphatic hydroxyl groups is 1. The van der Waals surface area contributed by atoms with Gasteiger partial charge in [0, 0.05) is 25.4 Å². The number of nitrogens with one attached hydrogen (secondary N) is 2. The lowest BCUT2D eigenvalue weighted by atomic mass is 9.62. The highest BCUT2D eigenvalue weighted by Gasteiger charge is 2.79. The van der Waals surface area contributed by atoms with Gasteiger partial charge in [-0.25, -0.2) is 0 Å². The third-order valence-electron chi connectivity index (χ3n) is 9.11. The van der Waals surface area contributed by atoms with Gasteiger partial charge >= 0.3 is 0 Å². The molecule has 0 aromatic heterocycles. The van der Waals surface area contributed by atoms with E-state index in [0.29, 0.717) is 38.0 Å². The number of unbranched alkanes of at least 4 members (excludes halogenated alkanes) is 1. The molecule has 0 radical (unpaired) electrons. The van der Waals surface area contributed by atoms with E-state index in [1.54, 1.807) is 4.90 Å². The van der Waals surface area contributed by atoms with Crippen LogP contribution in [0.4, 0.5) is 5.69 Å². The molecule has 8 heteroatoms. The van der Waals surface area contributed by atoms with Crippen LogP contribution in [-0.4, -0.2) is 58.1 Å². The van der Waals surface area contributed by atoms with Crippen molar-refractivity contribution in [2.45, 2.75) is 70.7 Å². The van der Waals surface area contributed by atoms with Gasteiger partial charge < -0.3 is 25.4 Å². The monoisotopic (exact) mass is 533 g/mol. The van der Waals surface area contributed by atoms with Gasteiger partial charge in [-0.3, -0.25) is 14.4 Å². The summed E-state index contributed by atoms with van der Waals surface area (Å²) < 4.78 is 6.77. The molecule has 0 aliphatic carbocycles. The average Bonchev–Trinajstić information content (AvgIpc) is 3.42. The number of amides is 3. The van der Waals surface area contributed by atoms with Crippen molar-refractivity contribution in [3.63, 3.8) is 0 Å². The van der Waals surface area contributed by atoms with E-state index in [9.17, 15) is 19.5 Å². The second-order valence-electron chi connectivity index (χ2n) is 11.7. The molecule has 8 nitrogen and oxygen atoms in total. The molecule has 39 heavy (non-hydrogen) atoms. The first-order valence-electron chi connectivity index (χ1n) is 13.9. The summed E-state index contributed by atoms with van der Waals surface area (Å²) in [5.41, 5.74) is 1.65. The van der Waals surface area contributed by atoms with E-state index in [4.69, 9.17) is 4.74 Å². The first-order valence-corrected chi connectivity index (χ1v) is 13.9. The van der Waals surface area contributed by atoms with Gasteiger partial charge in [0.05, 0.1) is 17.4 Å². The number of likely N-dealkylation sites (tertiary alicyclic amines) is 1. The van der Waals surface area contributed by atoms with E-state index in [2.05, 4.69) is 10.6 Å². The van der Waals surface area contributed by atoms with Crippen LogP contribution in [0.2, 0.25) is 0 Å². The average molecular weight is 534 g/mol. The number of rotatable bonds is 9. The molecule has 3 amide bonds. The zero-order valence-corrected chi connectivity index (χ0v) is 23.2. The van der Waals surface area contributed by atoms with Gasteiger partial charge in [0.15, 0.2) is 0 Å². The van der Waals surface area contributed by atoms with Crippen molar-refractivity contribution in [1.82, 2.24) is 10.2 Å². The molecule has 3 unspecified atom stereocenters. The molecule has 0 saturated carbocycles. The van der Waals surface area contributed by atoms with Crippen molar-refractivity contribution >= 4 is 23.4 Å². The number of ether oxygens (including phenoxy) is 1. The summed E-state index contributed by atoms with van der Waals surface area (Å²) in [4.78, 5) is 43.5. The Morgan fingerprint density at radius 3 is 2.56 bits per heavy atom. The third-order valence-corrected chi connectivity index (χ3v) is 9.11. The second-order valence-corrected chi connectivity index (χ2v) is 11.7. The number of fused-ring (bicyclic) bond motifs is 1. The molecule has 3 heterocycles. The molecule has 3 saturated heterocycles. The van der Waals surface area contributed by atoms with Crippen LogP contribution >= 0.6 is 0 Å². The minimum absolute atomic E-state index is 0.00603. The molecule has 3 aliphatic rings. The van der Waals surface area contributed by atoms with Gasteiger partial charge in [0.1, 0.15) is 11.6 Å². The predicted molar refractivity (Wildman–Crippen MR) is 148 cm³/mol. The van der Waals surface area contributed by atoms with Gasteiger partial charge in [-0.15, -0.1) is 0 Å². The zero-order chi connectivity index (χ0) is 27.9. The molecule has 208 valence electrons. The minimum Gasteiger partial charge on any atom is -0.396 e. The summed E-state index contributed by atoms with van der Waals surface area (Å²) >= 11 is 0. The van der Waals surface area contributed by atoms with Crippen molar-refractivity contribution < 1.29 is 24.2 Å². The minimum atomic E-state index is -1.10. The van der Waals surface area contributed by atoms with Crippen LogP contribution in [0.5, 0.6) is 0 Å². The predicted octanol–water partition coefficient (Wildman–Crippen LogP) is 3.34. The maximum atomic E-state index is 14.1. The summed E-state index contributed by atoms with van der Waals surface area (Å²) in [6.07, 6.45) is 1.59. The SMILES string of the molecule is Cc1ccc(C)c(NC(=O)C2N(CCCCO)C(=O)[C@@H]3[C@@H](C(=O)NCc4ccccc4)[C@]4(C)OC23CC4C)c1. The number of aliphatic hydroxyl groups excluding tert-OH is 1. The van der Waals surface area contributed by atoms with Crippen LogP contribution < -0.4 is 10.6 Å². The Morgan fingerprint density at radius 2 is 1.85 bits per heavy atom. The molecule has 6 atom stereocenters. The van der Waals surface area contributed by atoms with Crippen molar-refractivity contribution in [1.29, 1.82) is 0 Å². The summed E-state index contributed by atoms with van der Waals surface area (Å²) in [6, 6.07) is 14.7. The number of carbonyl (C=O) groups excluding carboxylic acids is 3. The third kappa shape index (κ3) is 4.53. The van der Waals surface area contributed by atoms with Crippen LogP contribution in [-0.2, 0) is 25.7 Å². The Hall–Kier alpha value is -3.23. The van der Waals surface area contributed by atoms with E-state index in [0.717, 1.165) is 16.7 Å². The van der Waals surface area contributed by atoms with Crippen LogP contribution in [0.1, 0.15) is 49.8 Å². The van der Waals surface area contributed by atoms with Gasteiger partial charge in [-0.1, -0.05) is 49.4 Å². The summed E-state index contributed by atoms with van der Waals surface area (Å²) in [5, 5.41) is 15.5. The number of nitrogens with zero attached hydrogens (tertiary/aromatic N) is 1.